The van der Waals surface area contributed by atoms with Gasteiger partial charge in [0.2, 0.25) is 0 Å². The molecule has 1 atom stereocenters. The predicted molar refractivity (Wildman–Crippen MR) is 104 cm³/mol. The minimum atomic E-state index is -0.387. The molecule has 0 spiro atoms. The molecule has 5 heteroatoms. The number of hydrogen-bond donors (Lipinski definition) is 0. The fraction of sp³-hybridized carbons (Fsp3) is 0.429. The fourth-order valence-electron chi connectivity index (χ4n) is 3.10. The number of rotatable bonds is 8. The van der Waals surface area contributed by atoms with Crippen LogP contribution >= 0.6 is 0 Å². The zero-order valence-electron chi connectivity index (χ0n) is 16.3. The largest absolute Gasteiger partial charge is 0.496 e. The van der Waals surface area contributed by atoms with Gasteiger partial charge < -0.3 is 14.4 Å². The van der Waals surface area contributed by atoms with Crippen LogP contribution in [0.5, 0.6) is 5.75 Å². The third-order valence-electron chi connectivity index (χ3n) is 4.48. The second-order valence-corrected chi connectivity index (χ2v) is 6.43. The molecule has 1 aromatic carbocycles. The standard InChI is InChI=1S/C21H28N2O3/c1-6-10-18(21(24)26-14-17-11-8-7-9-12-17)23(4)20-16(3)19(25-5)15(2)13-22-20/h7-9,11-13,18H,6,10,14H2,1-5H3/t18-/m0/s1. The van der Waals surface area contributed by atoms with E-state index < -0.39 is 0 Å². The van der Waals surface area contributed by atoms with Gasteiger partial charge in [0.1, 0.15) is 24.2 Å². The minimum Gasteiger partial charge on any atom is -0.496 e. The molecule has 0 amide bonds. The zero-order valence-corrected chi connectivity index (χ0v) is 16.3. The van der Waals surface area contributed by atoms with Gasteiger partial charge in [-0.1, -0.05) is 43.7 Å². The van der Waals surface area contributed by atoms with E-state index in [1.54, 1.807) is 13.3 Å². The van der Waals surface area contributed by atoms with E-state index in [9.17, 15) is 4.79 Å². The Morgan fingerprint density at radius 1 is 1.23 bits per heavy atom. The Kier molecular flexibility index (Phi) is 7.01. The van der Waals surface area contributed by atoms with Gasteiger partial charge in [-0.25, -0.2) is 9.78 Å². The Balaban J connectivity index is 2.19. The lowest BCUT2D eigenvalue weighted by Crippen LogP contribution is -2.40. The monoisotopic (exact) mass is 356 g/mol. The number of nitrogens with zero attached hydrogens (tertiary/aromatic N) is 2. The van der Waals surface area contributed by atoms with Gasteiger partial charge in [0.25, 0.3) is 0 Å². The van der Waals surface area contributed by atoms with Crippen molar-refractivity contribution in [2.24, 2.45) is 0 Å². The number of aromatic nitrogens is 1. The number of methoxy groups -OCH3 is 1. The predicted octanol–water partition coefficient (Wildman–Crippen LogP) is 4.06. The van der Waals surface area contributed by atoms with Gasteiger partial charge in [-0.3, -0.25) is 0 Å². The van der Waals surface area contributed by atoms with Crippen LogP contribution in [0.1, 0.15) is 36.5 Å². The number of esters is 1. The average molecular weight is 356 g/mol. The molecule has 0 aliphatic rings. The van der Waals surface area contributed by atoms with Gasteiger partial charge in [-0.15, -0.1) is 0 Å². The molecule has 0 saturated heterocycles. The first kappa shape index (κ1) is 19.8. The van der Waals surface area contributed by atoms with Crippen LogP contribution in [-0.2, 0) is 16.1 Å². The summed E-state index contributed by atoms with van der Waals surface area (Å²) in [6, 6.07) is 9.32. The molecule has 140 valence electrons. The molecule has 1 heterocycles. The maximum atomic E-state index is 12.7. The van der Waals surface area contributed by atoms with Crippen molar-refractivity contribution in [3.05, 3.63) is 53.2 Å². The molecule has 0 radical (unpaired) electrons. The number of carbonyl (C=O) groups excluding carboxylic acids is 1. The highest BCUT2D eigenvalue weighted by Crippen LogP contribution is 2.30. The molecule has 0 aliphatic heterocycles. The summed E-state index contributed by atoms with van der Waals surface area (Å²) in [7, 11) is 3.53. The lowest BCUT2D eigenvalue weighted by Gasteiger charge is -2.29. The Morgan fingerprint density at radius 2 is 1.92 bits per heavy atom. The van der Waals surface area contributed by atoms with Crippen molar-refractivity contribution < 1.29 is 14.3 Å². The number of hydrogen-bond acceptors (Lipinski definition) is 5. The van der Waals surface area contributed by atoms with E-state index in [4.69, 9.17) is 9.47 Å². The van der Waals surface area contributed by atoms with E-state index in [0.717, 1.165) is 34.7 Å². The zero-order chi connectivity index (χ0) is 19.1. The Bertz CT molecular complexity index is 732. The summed E-state index contributed by atoms with van der Waals surface area (Å²) in [6.45, 7) is 6.25. The second-order valence-electron chi connectivity index (χ2n) is 6.43. The highest BCUT2D eigenvalue weighted by atomic mass is 16.5. The number of ether oxygens (including phenoxy) is 2. The smallest absolute Gasteiger partial charge is 0.329 e. The Morgan fingerprint density at radius 3 is 2.54 bits per heavy atom. The first-order chi connectivity index (χ1) is 12.5. The maximum absolute atomic E-state index is 12.7. The molecular formula is C21H28N2O3. The third kappa shape index (κ3) is 4.54. The molecule has 0 fully saturated rings. The maximum Gasteiger partial charge on any atom is 0.329 e. The number of anilines is 1. The van der Waals surface area contributed by atoms with E-state index in [-0.39, 0.29) is 18.6 Å². The molecule has 1 aromatic heterocycles. The van der Waals surface area contributed by atoms with E-state index in [1.165, 1.54) is 0 Å². The normalized spacial score (nSPS) is 11.7. The van der Waals surface area contributed by atoms with Gasteiger partial charge in [-0.2, -0.15) is 0 Å². The molecule has 2 aromatic rings. The summed E-state index contributed by atoms with van der Waals surface area (Å²) >= 11 is 0. The van der Waals surface area contributed by atoms with E-state index in [2.05, 4.69) is 11.9 Å². The second kappa shape index (κ2) is 9.22. The van der Waals surface area contributed by atoms with Gasteiger partial charge in [-0.05, 0) is 25.8 Å². The molecule has 26 heavy (non-hydrogen) atoms. The lowest BCUT2D eigenvalue weighted by atomic mass is 10.1. The quantitative estimate of drug-likeness (QED) is 0.668. The summed E-state index contributed by atoms with van der Waals surface area (Å²) in [6.07, 6.45) is 3.34. The summed E-state index contributed by atoms with van der Waals surface area (Å²) < 4.78 is 11.1. The topological polar surface area (TPSA) is 51.7 Å². The molecule has 0 saturated carbocycles. The van der Waals surface area contributed by atoms with Crippen molar-refractivity contribution in [3.63, 3.8) is 0 Å². The van der Waals surface area contributed by atoms with Crippen molar-refractivity contribution in [2.45, 2.75) is 46.3 Å². The molecule has 0 N–H and O–H groups in total. The van der Waals surface area contributed by atoms with Gasteiger partial charge >= 0.3 is 5.97 Å². The van der Waals surface area contributed by atoms with Crippen LogP contribution in [0.15, 0.2) is 36.5 Å². The number of pyridine rings is 1. The van der Waals surface area contributed by atoms with Crippen LogP contribution in [0.3, 0.4) is 0 Å². The highest BCUT2D eigenvalue weighted by molar-refractivity contribution is 5.80. The molecule has 5 nitrogen and oxygen atoms in total. The molecular weight excluding hydrogens is 328 g/mol. The highest BCUT2D eigenvalue weighted by Gasteiger charge is 2.27. The van der Waals surface area contributed by atoms with E-state index in [1.807, 2.05) is 56.1 Å². The summed E-state index contributed by atoms with van der Waals surface area (Å²) in [4.78, 5) is 19.2. The number of carbonyl (C=O) groups is 1. The van der Waals surface area contributed by atoms with Crippen molar-refractivity contribution in [3.8, 4) is 5.75 Å². The van der Waals surface area contributed by atoms with Gasteiger partial charge in [0.15, 0.2) is 0 Å². The SMILES string of the molecule is CCC[C@@H](C(=O)OCc1ccccc1)N(C)c1ncc(C)c(OC)c1C. The van der Waals surface area contributed by atoms with Crippen LogP contribution < -0.4 is 9.64 Å². The molecule has 0 bridgehead atoms. The van der Waals surface area contributed by atoms with Gasteiger partial charge in [0.05, 0.1) is 7.11 Å². The van der Waals surface area contributed by atoms with Crippen molar-refractivity contribution in [1.29, 1.82) is 0 Å². The lowest BCUT2D eigenvalue weighted by molar-refractivity contribution is -0.146. The van der Waals surface area contributed by atoms with E-state index >= 15 is 0 Å². The van der Waals surface area contributed by atoms with Crippen molar-refractivity contribution in [2.75, 3.05) is 19.1 Å². The summed E-state index contributed by atoms with van der Waals surface area (Å²) in [5.74, 6) is 1.30. The van der Waals surface area contributed by atoms with Crippen LogP contribution in [0.25, 0.3) is 0 Å². The van der Waals surface area contributed by atoms with Gasteiger partial charge in [0, 0.05) is 24.4 Å². The van der Waals surface area contributed by atoms with Crippen molar-refractivity contribution in [1.82, 2.24) is 4.98 Å². The average Bonchev–Trinajstić information content (AvgIpc) is 2.65. The first-order valence-corrected chi connectivity index (χ1v) is 8.93. The van der Waals surface area contributed by atoms with Crippen LogP contribution in [0, 0.1) is 13.8 Å². The minimum absolute atomic E-state index is 0.237. The first-order valence-electron chi connectivity index (χ1n) is 8.93. The van der Waals surface area contributed by atoms with E-state index in [0.29, 0.717) is 6.42 Å². The number of aryl methyl sites for hydroxylation is 1. The third-order valence-corrected chi connectivity index (χ3v) is 4.48. The summed E-state index contributed by atoms with van der Waals surface area (Å²) in [5, 5.41) is 0. The van der Waals surface area contributed by atoms with Crippen LogP contribution in [-0.4, -0.2) is 31.2 Å². The number of benzene rings is 1. The molecule has 0 unspecified atom stereocenters. The van der Waals surface area contributed by atoms with Crippen LogP contribution in [0.2, 0.25) is 0 Å². The Labute approximate surface area is 156 Å². The molecule has 0 aliphatic carbocycles. The summed E-state index contributed by atoms with van der Waals surface area (Å²) in [5.41, 5.74) is 2.87. The van der Waals surface area contributed by atoms with Crippen molar-refractivity contribution >= 4 is 11.8 Å². The molecule has 2 rings (SSSR count). The fourth-order valence-corrected chi connectivity index (χ4v) is 3.10. The Hall–Kier alpha value is -2.56. The number of likely N-dealkylation sites (N-methyl/N-ethyl adjacent to an activating group) is 1. The van der Waals surface area contributed by atoms with Crippen LogP contribution in [0.4, 0.5) is 5.82 Å².